The van der Waals surface area contributed by atoms with Gasteiger partial charge in [-0.05, 0) is 11.6 Å². The molecule has 0 spiro atoms. The summed E-state index contributed by atoms with van der Waals surface area (Å²) in [5.74, 6) is -1.66. The maximum Gasteiger partial charge on any atom is 0.325 e. The van der Waals surface area contributed by atoms with Crippen molar-refractivity contribution in [2.24, 2.45) is 0 Å². The normalized spacial score (nSPS) is 11.6. The van der Waals surface area contributed by atoms with E-state index >= 15 is 0 Å². The van der Waals surface area contributed by atoms with Crippen LogP contribution >= 0.6 is 0 Å². The zero-order valence-corrected chi connectivity index (χ0v) is 11.1. The molecular weight excluding hydrogens is 271 g/mol. The molecular formula is C16H13FN2O2. The van der Waals surface area contributed by atoms with Gasteiger partial charge in [0.1, 0.15) is 17.9 Å². The Kier molecular flexibility index (Phi) is 4.64. The second-order valence-electron chi connectivity index (χ2n) is 4.45. The smallest absolute Gasteiger partial charge is 0.325 e. The van der Waals surface area contributed by atoms with E-state index in [9.17, 15) is 14.3 Å². The first-order chi connectivity index (χ1) is 10.1. The van der Waals surface area contributed by atoms with Crippen molar-refractivity contribution < 1.29 is 14.3 Å². The lowest BCUT2D eigenvalue weighted by Gasteiger charge is -2.15. The third-order valence-corrected chi connectivity index (χ3v) is 3.08. The molecule has 1 unspecified atom stereocenters. The Labute approximate surface area is 121 Å². The van der Waals surface area contributed by atoms with Crippen LogP contribution in [0.2, 0.25) is 0 Å². The van der Waals surface area contributed by atoms with Gasteiger partial charge in [0.2, 0.25) is 0 Å². The van der Waals surface area contributed by atoms with Crippen molar-refractivity contribution in [3.63, 3.8) is 0 Å². The molecule has 21 heavy (non-hydrogen) atoms. The molecule has 0 radical (unpaired) electrons. The lowest BCUT2D eigenvalue weighted by Crippen LogP contribution is -2.28. The van der Waals surface area contributed by atoms with Gasteiger partial charge in [0.05, 0.1) is 5.56 Å². The Bertz CT molecular complexity index is 680. The molecule has 2 rings (SSSR count). The summed E-state index contributed by atoms with van der Waals surface area (Å²) in [6.07, 6.45) is 0. The molecule has 0 fully saturated rings. The minimum atomic E-state index is -1.04. The Morgan fingerprint density at radius 1 is 1.24 bits per heavy atom. The Hall–Kier alpha value is -2.71. The molecule has 2 aromatic carbocycles. The number of nitriles is 1. The van der Waals surface area contributed by atoms with Crippen LogP contribution in [0.15, 0.2) is 48.5 Å². The van der Waals surface area contributed by atoms with E-state index in [2.05, 4.69) is 5.32 Å². The number of aliphatic carboxylic acids is 1. The summed E-state index contributed by atoms with van der Waals surface area (Å²) in [6.45, 7) is 0.0210. The van der Waals surface area contributed by atoms with Crippen LogP contribution in [0, 0.1) is 17.1 Å². The monoisotopic (exact) mass is 284 g/mol. The minimum Gasteiger partial charge on any atom is -0.480 e. The third-order valence-electron chi connectivity index (χ3n) is 3.08. The summed E-state index contributed by atoms with van der Waals surface area (Å²) in [5, 5.41) is 20.8. The molecule has 0 bridgehead atoms. The summed E-state index contributed by atoms with van der Waals surface area (Å²) in [6, 6.07) is 13.9. The van der Waals surface area contributed by atoms with E-state index in [1.807, 2.05) is 0 Å². The van der Waals surface area contributed by atoms with Crippen LogP contribution in [0.25, 0.3) is 0 Å². The van der Waals surface area contributed by atoms with Crippen LogP contribution in [0.1, 0.15) is 22.7 Å². The summed E-state index contributed by atoms with van der Waals surface area (Å²) < 4.78 is 13.9. The molecule has 0 aliphatic rings. The minimum absolute atomic E-state index is 0.0210. The Balaban J connectivity index is 2.17. The first-order valence-electron chi connectivity index (χ1n) is 6.32. The van der Waals surface area contributed by atoms with Gasteiger partial charge in [-0.25, -0.2) is 4.39 Å². The highest BCUT2D eigenvalue weighted by Crippen LogP contribution is 2.16. The molecule has 2 aromatic rings. The second kappa shape index (κ2) is 6.64. The Morgan fingerprint density at radius 3 is 2.57 bits per heavy atom. The van der Waals surface area contributed by atoms with Gasteiger partial charge in [-0.15, -0.1) is 0 Å². The highest BCUT2D eigenvalue weighted by atomic mass is 19.1. The van der Waals surface area contributed by atoms with Gasteiger partial charge in [-0.2, -0.15) is 5.26 Å². The first-order valence-corrected chi connectivity index (χ1v) is 6.32. The van der Waals surface area contributed by atoms with Gasteiger partial charge in [0.15, 0.2) is 0 Å². The lowest BCUT2D eigenvalue weighted by atomic mass is 10.1. The van der Waals surface area contributed by atoms with Crippen molar-refractivity contribution in [3.05, 3.63) is 71.0 Å². The second-order valence-corrected chi connectivity index (χ2v) is 4.45. The van der Waals surface area contributed by atoms with E-state index in [0.717, 1.165) is 0 Å². The third kappa shape index (κ3) is 3.44. The predicted octanol–water partition coefficient (Wildman–Crippen LogP) is 2.61. The van der Waals surface area contributed by atoms with Gasteiger partial charge in [0.25, 0.3) is 0 Å². The maximum atomic E-state index is 13.9. The van der Waals surface area contributed by atoms with Crippen LogP contribution in [0.5, 0.6) is 0 Å². The Morgan fingerprint density at radius 2 is 1.95 bits per heavy atom. The van der Waals surface area contributed by atoms with Crippen LogP contribution in [-0.4, -0.2) is 11.1 Å². The quantitative estimate of drug-likeness (QED) is 0.885. The number of carboxylic acid groups (broad SMARTS) is 1. The fraction of sp³-hybridized carbons (Fsp3) is 0.125. The van der Waals surface area contributed by atoms with Crippen molar-refractivity contribution in [1.82, 2.24) is 5.32 Å². The molecule has 106 valence electrons. The number of benzene rings is 2. The van der Waals surface area contributed by atoms with Crippen LogP contribution in [0.3, 0.4) is 0 Å². The van der Waals surface area contributed by atoms with E-state index in [1.54, 1.807) is 42.5 Å². The largest absolute Gasteiger partial charge is 0.480 e. The van der Waals surface area contributed by atoms with Gasteiger partial charge in [0, 0.05) is 12.1 Å². The van der Waals surface area contributed by atoms with E-state index in [1.165, 1.54) is 12.1 Å². The molecule has 0 aromatic heterocycles. The van der Waals surface area contributed by atoms with Crippen molar-refractivity contribution in [2.45, 2.75) is 12.6 Å². The zero-order valence-electron chi connectivity index (χ0n) is 11.1. The predicted molar refractivity (Wildman–Crippen MR) is 74.8 cm³/mol. The highest BCUT2D eigenvalue weighted by Gasteiger charge is 2.19. The zero-order chi connectivity index (χ0) is 15.2. The number of nitrogens with zero attached hydrogens (tertiary/aromatic N) is 1. The van der Waals surface area contributed by atoms with Crippen molar-refractivity contribution in [3.8, 4) is 6.07 Å². The molecule has 0 aliphatic heterocycles. The fourth-order valence-electron chi connectivity index (χ4n) is 2.01. The first kappa shape index (κ1) is 14.7. The van der Waals surface area contributed by atoms with E-state index < -0.39 is 17.8 Å². The number of carbonyl (C=O) groups is 1. The summed E-state index contributed by atoms with van der Waals surface area (Å²) in [4.78, 5) is 11.3. The fourth-order valence-corrected chi connectivity index (χ4v) is 2.01. The standard InChI is InChI=1S/C16H13FN2O2/c17-14-12(9-18)7-4-8-13(14)10-19-15(16(20)21)11-5-2-1-3-6-11/h1-8,15,19H,10H2,(H,20,21). The lowest BCUT2D eigenvalue weighted by molar-refractivity contribution is -0.139. The summed E-state index contributed by atoms with van der Waals surface area (Å²) in [7, 11) is 0. The molecule has 0 aliphatic carbocycles. The van der Waals surface area contributed by atoms with E-state index in [4.69, 9.17) is 5.26 Å². The molecule has 0 saturated heterocycles. The van der Waals surface area contributed by atoms with Crippen molar-refractivity contribution in [2.75, 3.05) is 0 Å². The average molecular weight is 284 g/mol. The number of hydrogen-bond donors (Lipinski definition) is 2. The van der Waals surface area contributed by atoms with Gasteiger partial charge < -0.3 is 5.11 Å². The number of halogens is 1. The molecule has 5 heteroatoms. The number of hydrogen-bond acceptors (Lipinski definition) is 3. The van der Waals surface area contributed by atoms with Gasteiger partial charge in [-0.1, -0.05) is 42.5 Å². The highest BCUT2D eigenvalue weighted by molar-refractivity contribution is 5.75. The molecule has 4 nitrogen and oxygen atoms in total. The number of carboxylic acids is 1. The maximum absolute atomic E-state index is 13.9. The van der Waals surface area contributed by atoms with Crippen LogP contribution in [-0.2, 0) is 11.3 Å². The molecule has 0 saturated carbocycles. The van der Waals surface area contributed by atoms with Crippen LogP contribution < -0.4 is 5.32 Å². The SMILES string of the molecule is N#Cc1cccc(CNC(C(=O)O)c2ccccc2)c1F. The molecule has 0 amide bonds. The van der Waals surface area contributed by atoms with Crippen molar-refractivity contribution >= 4 is 5.97 Å². The molecule has 1 atom stereocenters. The number of rotatable bonds is 5. The van der Waals surface area contributed by atoms with E-state index in [0.29, 0.717) is 5.56 Å². The molecule has 0 heterocycles. The topological polar surface area (TPSA) is 73.1 Å². The van der Waals surface area contributed by atoms with E-state index in [-0.39, 0.29) is 17.7 Å². The van der Waals surface area contributed by atoms with Crippen LogP contribution in [0.4, 0.5) is 4.39 Å². The average Bonchev–Trinajstić information content (AvgIpc) is 2.50. The summed E-state index contributed by atoms with van der Waals surface area (Å²) in [5.41, 5.74) is 0.791. The number of nitrogens with one attached hydrogen (secondary N) is 1. The van der Waals surface area contributed by atoms with Gasteiger partial charge in [-0.3, -0.25) is 10.1 Å². The molecule has 2 N–H and O–H groups in total. The summed E-state index contributed by atoms with van der Waals surface area (Å²) >= 11 is 0. The van der Waals surface area contributed by atoms with Gasteiger partial charge >= 0.3 is 5.97 Å². The van der Waals surface area contributed by atoms with Crippen molar-refractivity contribution in [1.29, 1.82) is 5.26 Å².